The zero-order valence-corrected chi connectivity index (χ0v) is 12.4. The van der Waals surface area contributed by atoms with Crippen LogP contribution < -0.4 is 0 Å². The van der Waals surface area contributed by atoms with E-state index < -0.39 is 0 Å². The van der Waals surface area contributed by atoms with Gasteiger partial charge in [-0.15, -0.1) is 0 Å². The van der Waals surface area contributed by atoms with Gasteiger partial charge in [0, 0.05) is 12.6 Å². The van der Waals surface area contributed by atoms with Gasteiger partial charge in [-0.2, -0.15) is 5.10 Å². The zero-order chi connectivity index (χ0) is 15.7. The Balaban J connectivity index is 1.89. The summed E-state index contributed by atoms with van der Waals surface area (Å²) in [7, 11) is 0. The molecule has 0 atom stereocenters. The summed E-state index contributed by atoms with van der Waals surface area (Å²) in [5.74, 6) is -0.421. The van der Waals surface area contributed by atoms with E-state index in [2.05, 4.69) is 5.10 Å². The monoisotopic (exact) mass is 303 g/mol. The van der Waals surface area contributed by atoms with Crippen LogP contribution in [0.3, 0.4) is 0 Å². The Morgan fingerprint density at radius 3 is 2.68 bits per heavy atom. The topological polar surface area (TPSA) is 58.4 Å². The highest BCUT2D eigenvalue weighted by Crippen LogP contribution is 2.28. The number of rotatable bonds is 5. The molecule has 1 amide bonds. The number of benzene rings is 1. The Labute approximate surface area is 128 Å². The molecule has 0 spiro atoms. The van der Waals surface area contributed by atoms with E-state index in [-0.39, 0.29) is 24.4 Å². The van der Waals surface area contributed by atoms with Gasteiger partial charge in [-0.25, -0.2) is 9.07 Å². The van der Waals surface area contributed by atoms with Gasteiger partial charge in [0.05, 0.1) is 29.7 Å². The smallest absolute Gasteiger partial charge is 0.257 e. The van der Waals surface area contributed by atoms with E-state index in [0.29, 0.717) is 23.5 Å². The van der Waals surface area contributed by atoms with Gasteiger partial charge >= 0.3 is 0 Å². The lowest BCUT2D eigenvalue weighted by Crippen LogP contribution is -2.35. The number of halogens is 1. The maximum Gasteiger partial charge on any atom is 0.257 e. The predicted molar refractivity (Wildman–Crippen MR) is 79.4 cm³/mol. The zero-order valence-electron chi connectivity index (χ0n) is 12.4. The average Bonchev–Trinajstić information content (AvgIpc) is 3.28. The van der Waals surface area contributed by atoms with Crippen molar-refractivity contribution >= 4 is 5.91 Å². The first-order valence-electron chi connectivity index (χ1n) is 7.34. The van der Waals surface area contributed by atoms with E-state index in [0.717, 1.165) is 12.8 Å². The minimum absolute atomic E-state index is 0.0482. The molecule has 0 saturated heterocycles. The number of nitrogens with zero attached hydrogens (tertiary/aromatic N) is 3. The number of aliphatic hydroxyl groups excluding tert-OH is 1. The Bertz CT molecular complexity index is 677. The SMILES string of the molecule is Cc1c(C(=O)N(CCO)C2CC2)cnn1-c1ccc(F)cc1. The van der Waals surface area contributed by atoms with E-state index in [4.69, 9.17) is 5.11 Å². The summed E-state index contributed by atoms with van der Waals surface area (Å²) in [6.07, 6.45) is 3.50. The van der Waals surface area contributed by atoms with E-state index in [9.17, 15) is 9.18 Å². The maximum atomic E-state index is 13.0. The second-order valence-electron chi connectivity index (χ2n) is 5.49. The molecule has 0 radical (unpaired) electrons. The van der Waals surface area contributed by atoms with Crippen molar-refractivity contribution in [3.63, 3.8) is 0 Å². The van der Waals surface area contributed by atoms with Crippen LogP contribution in [0.2, 0.25) is 0 Å². The fourth-order valence-corrected chi connectivity index (χ4v) is 2.56. The summed E-state index contributed by atoms with van der Waals surface area (Å²) < 4.78 is 14.6. The van der Waals surface area contributed by atoms with Crippen molar-refractivity contribution in [1.82, 2.24) is 14.7 Å². The molecule has 22 heavy (non-hydrogen) atoms. The van der Waals surface area contributed by atoms with E-state index in [1.54, 1.807) is 21.7 Å². The fourth-order valence-electron chi connectivity index (χ4n) is 2.56. The van der Waals surface area contributed by atoms with Crippen LogP contribution in [-0.4, -0.2) is 44.9 Å². The van der Waals surface area contributed by atoms with Gasteiger partial charge < -0.3 is 10.0 Å². The summed E-state index contributed by atoms with van der Waals surface area (Å²) in [4.78, 5) is 14.3. The molecule has 6 heteroatoms. The van der Waals surface area contributed by atoms with Crippen LogP contribution in [0.25, 0.3) is 5.69 Å². The van der Waals surface area contributed by atoms with Gasteiger partial charge in [0.2, 0.25) is 0 Å². The molecule has 1 N–H and O–H groups in total. The second kappa shape index (κ2) is 5.88. The first kappa shape index (κ1) is 14.7. The number of amides is 1. The standard InChI is InChI=1S/C16H18FN3O2/c1-11-15(16(22)19(8-9-21)13-6-7-13)10-18-20(11)14-4-2-12(17)3-5-14/h2-5,10,13,21H,6-9H2,1H3. The van der Waals surface area contributed by atoms with E-state index >= 15 is 0 Å². The summed E-state index contributed by atoms with van der Waals surface area (Å²) >= 11 is 0. The van der Waals surface area contributed by atoms with Gasteiger partial charge in [0.1, 0.15) is 5.82 Å². The highest BCUT2D eigenvalue weighted by atomic mass is 19.1. The Hall–Kier alpha value is -2.21. The lowest BCUT2D eigenvalue weighted by Gasteiger charge is -2.21. The molecule has 1 fully saturated rings. The van der Waals surface area contributed by atoms with Crippen molar-refractivity contribution in [2.45, 2.75) is 25.8 Å². The van der Waals surface area contributed by atoms with Crippen LogP contribution in [0.1, 0.15) is 28.9 Å². The highest BCUT2D eigenvalue weighted by molar-refractivity contribution is 5.95. The Morgan fingerprint density at radius 2 is 2.09 bits per heavy atom. The molecule has 1 aliphatic carbocycles. The molecule has 0 bridgehead atoms. The lowest BCUT2D eigenvalue weighted by molar-refractivity contribution is 0.0707. The van der Waals surface area contributed by atoms with Crippen LogP contribution in [0.15, 0.2) is 30.5 Å². The Morgan fingerprint density at radius 1 is 1.41 bits per heavy atom. The summed E-state index contributed by atoms with van der Waals surface area (Å²) in [6, 6.07) is 6.19. The third-order valence-electron chi connectivity index (χ3n) is 3.90. The number of aliphatic hydroxyl groups is 1. The van der Waals surface area contributed by atoms with Crippen molar-refractivity contribution in [3.05, 3.63) is 47.5 Å². The average molecular weight is 303 g/mol. The van der Waals surface area contributed by atoms with Crippen LogP contribution in [0.5, 0.6) is 0 Å². The van der Waals surface area contributed by atoms with Gasteiger partial charge in [0.25, 0.3) is 5.91 Å². The summed E-state index contributed by atoms with van der Waals surface area (Å²) in [6.45, 7) is 2.10. The number of hydrogen-bond acceptors (Lipinski definition) is 3. The molecule has 116 valence electrons. The van der Waals surface area contributed by atoms with Gasteiger partial charge in [0.15, 0.2) is 0 Å². The van der Waals surface area contributed by atoms with Gasteiger partial charge in [-0.1, -0.05) is 0 Å². The van der Waals surface area contributed by atoms with Crippen LogP contribution in [0.4, 0.5) is 4.39 Å². The molecular weight excluding hydrogens is 285 g/mol. The third-order valence-corrected chi connectivity index (χ3v) is 3.90. The fraction of sp³-hybridized carbons (Fsp3) is 0.375. The first-order valence-corrected chi connectivity index (χ1v) is 7.34. The summed E-state index contributed by atoms with van der Waals surface area (Å²) in [5.41, 5.74) is 1.93. The second-order valence-corrected chi connectivity index (χ2v) is 5.49. The van der Waals surface area contributed by atoms with Crippen LogP contribution in [0, 0.1) is 12.7 Å². The third kappa shape index (κ3) is 2.74. The summed E-state index contributed by atoms with van der Waals surface area (Å²) in [5, 5.41) is 13.4. The molecule has 1 aromatic carbocycles. The highest BCUT2D eigenvalue weighted by Gasteiger charge is 2.33. The number of aromatic nitrogens is 2. The minimum Gasteiger partial charge on any atom is -0.395 e. The van der Waals surface area contributed by atoms with Crippen molar-refractivity contribution in [2.75, 3.05) is 13.2 Å². The van der Waals surface area contributed by atoms with Crippen molar-refractivity contribution in [1.29, 1.82) is 0 Å². The van der Waals surface area contributed by atoms with Gasteiger partial charge in [-0.3, -0.25) is 4.79 Å². The molecule has 2 aromatic rings. The van der Waals surface area contributed by atoms with Crippen molar-refractivity contribution in [3.8, 4) is 5.69 Å². The molecule has 1 heterocycles. The molecule has 1 saturated carbocycles. The normalized spacial score (nSPS) is 14.1. The number of hydrogen-bond donors (Lipinski definition) is 1. The first-order chi connectivity index (χ1) is 10.6. The molecule has 5 nitrogen and oxygen atoms in total. The molecular formula is C16H18FN3O2. The van der Waals surface area contributed by atoms with Crippen molar-refractivity contribution in [2.24, 2.45) is 0 Å². The molecule has 3 rings (SSSR count). The molecule has 0 aliphatic heterocycles. The Kier molecular flexibility index (Phi) is 3.94. The quantitative estimate of drug-likeness (QED) is 0.918. The number of carbonyl (C=O) groups excluding carboxylic acids is 1. The van der Waals surface area contributed by atoms with E-state index in [1.807, 2.05) is 6.92 Å². The molecule has 0 unspecified atom stereocenters. The number of carbonyl (C=O) groups is 1. The lowest BCUT2D eigenvalue weighted by atomic mass is 10.2. The molecule has 1 aromatic heterocycles. The van der Waals surface area contributed by atoms with Gasteiger partial charge in [-0.05, 0) is 44.0 Å². The predicted octanol–water partition coefficient (Wildman–Crippen LogP) is 1.92. The van der Waals surface area contributed by atoms with Crippen LogP contribution >= 0.6 is 0 Å². The largest absolute Gasteiger partial charge is 0.395 e. The maximum absolute atomic E-state index is 13.0. The molecule has 1 aliphatic rings. The van der Waals surface area contributed by atoms with E-state index in [1.165, 1.54) is 18.3 Å². The minimum atomic E-state index is -0.312. The van der Waals surface area contributed by atoms with Crippen molar-refractivity contribution < 1.29 is 14.3 Å². The van der Waals surface area contributed by atoms with Crippen LogP contribution in [-0.2, 0) is 0 Å².